The van der Waals surface area contributed by atoms with Crippen molar-refractivity contribution < 1.29 is 19.4 Å². The van der Waals surface area contributed by atoms with Crippen LogP contribution in [0.3, 0.4) is 0 Å². The topological polar surface area (TPSA) is 130 Å². The third-order valence-electron chi connectivity index (χ3n) is 7.72. The lowest BCUT2D eigenvalue weighted by atomic mass is 9.99. The molecular formula is C39H50N6O4. The van der Waals surface area contributed by atoms with Gasteiger partial charge in [-0.3, -0.25) is 9.59 Å². The summed E-state index contributed by atoms with van der Waals surface area (Å²) in [5.41, 5.74) is 5.29. The minimum Gasteiger partial charge on any atom is -0.497 e. The standard InChI is InChI=1S/C39H50N6O4/c1-8-10-11-12-17-29(5)41-30(6)23-31-26-40-45-36(39(48)44-34(28(4)15-9-2)20-13-16-27(3)21-22-46)25-35(43-37(31)45)38(47)42-32-18-14-19-33(24-32)49-7/h9-11,14-15,17-19,21,24-26,34,41,46H,4,6,8,12-13,16,20,22-23H2,1-3,5,7H3,(H,42,47)(H,44,48)/b11-10-,15-9-,27-21+,29-17+. The lowest BCUT2D eigenvalue weighted by Gasteiger charge is -2.20. The summed E-state index contributed by atoms with van der Waals surface area (Å²) in [6, 6.07) is 8.07. The average molecular weight is 667 g/mol. The maximum absolute atomic E-state index is 14.0. The number of allylic oxidation sites excluding steroid dienone is 7. The Morgan fingerprint density at radius 3 is 2.63 bits per heavy atom. The molecule has 0 saturated carbocycles. The Bertz CT molecular complexity index is 1750. The van der Waals surface area contributed by atoms with Crippen LogP contribution in [-0.2, 0) is 6.42 Å². The number of nitrogens with zero attached hydrogens (tertiary/aromatic N) is 3. The fourth-order valence-corrected chi connectivity index (χ4v) is 5.17. The number of aromatic nitrogens is 3. The first-order chi connectivity index (χ1) is 23.6. The Morgan fingerprint density at radius 1 is 1.12 bits per heavy atom. The van der Waals surface area contributed by atoms with E-state index in [0.717, 1.165) is 48.2 Å². The van der Waals surface area contributed by atoms with Crippen molar-refractivity contribution in [2.24, 2.45) is 0 Å². The van der Waals surface area contributed by atoms with Crippen LogP contribution in [0.25, 0.3) is 5.65 Å². The van der Waals surface area contributed by atoms with Crippen molar-refractivity contribution in [1.29, 1.82) is 0 Å². The van der Waals surface area contributed by atoms with E-state index >= 15 is 0 Å². The molecule has 2 amide bonds. The zero-order valence-electron chi connectivity index (χ0n) is 29.4. The molecule has 0 aliphatic carbocycles. The SMILES string of the molecule is C=C(Cc1cnn2c(C(=O)NC(CCC/C(C)=C/CO)C(=C)/C=C\C)cc(C(=O)Nc3cccc(OC)c3)nc12)N/C(C)=C/C/C=C\CC. The van der Waals surface area contributed by atoms with Crippen LogP contribution in [0.2, 0.25) is 0 Å². The van der Waals surface area contributed by atoms with Gasteiger partial charge in [-0.2, -0.15) is 5.10 Å². The Balaban J connectivity index is 1.98. The van der Waals surface area contributed by atoms with Crippen LogP contribution in [0.15, 0.2) is 109 Å². The van der Waals surface area contributed by atoms with E-state index in [1.807, 2.05) is 32.9 Å². The molecule has 10 nitrogen and oxygen atoms in total. The Labute approximate surface area is 290 Å². The molecular weight excluding hydrogens is 616 g/mol. The van der Waals surface area contributed by atoms with Crippen molar-refractivity contribution in [2.75, 3.05) is 19.0 Å². The van der Waals surface area contributed by atoms with Gasteiger partial charge in [-0.1, -0.05) is 68.2 Å². The molecule has 49 heavy (non-hydrogen) atoms. The molecule has 0 aliphatic heterocycles. The number of aliphatic hydroxyl groups is 1. The smallest absolute Gasteiger partial charge is 0.274 e. The lowest BCUT2D eigenvalue weighted by Crippen LogP contribution is -2.37. The molecule has 4 N–H and O–H groups in total. The molecule has 10 heteroatoms. The van der Waals surface area contributed by atoms with Gasteiger partial charge in [-0.15, -0.1) is 0 Å². The van der Waals surface area contributed by atoms with E-state index in [2.05, 4.69) is 64.3 Å². The normalized spacial score (nSPS) is 12.8. The predicted octanol–water partition coefficient (Wildman–Crippen LogP) is 7.24. The second kappa shape index (κ2) is 19.6. The first-order valence-corrected chi connectivity index (χ1v) is 16.6. The number of carbonyl (C=O) groups excluding carboxylic acids is 2. The summed E-state index contributed by atoms with van der Waals surface area (Å²) in [6.07, 6.45) is 17.8. The maximum atomic E-state index is 14.0. The van der Waals surface area contributed by atoms with Crippen molar-refractivity contribution in [1.82, 2.24) is 25.2 Å². The molecule has 2 aromatic heterocycles. The molecule has 1 atom stereocenters. The summed E-state index contributed by atoms with van der Waals surface area (Å²) in [5.74, 6) is -0.328. The molecule has 0 aliphatic rings. The van der Waals surface area contributed by atoms with Gasteiger partial charge < -0.3 is 25.8 Å². The molecule has 0 bridgehead atoms. The van der Waals surface area contributed by atoms with Crippen LogP contribution < -0.4 is 20.7 Å². The number of ether oxygens (including phenoxy) is 1. The van der Waals surface area contributed by atoms with Gasteiger partial charge in [0.2, 0.25) is 0 Å². The second-order valence-electron chi connectivity index (χ2n) is 11.8. The first-order valence-electron chi connectivity index (χ1n) is 16.6. The van der Waals surface area contributed by atoms with E-state index in [0.29, 0.717) is 35.5 Å². The number of carbonyl (C=O) groups is 2. The lowest BCUT2D eigenvalue weighted by molar-refractivity contribution is 0.0933. The predicted molar refractivity (Wildman–Crippen MR) is 198 cm³/mol. The number of fused-ring (bicyclic) bond motifs is 1. The summed E-state index contributed by atoms with van der Waals surface area (Å²) < 4.78 is 6.76. The number of aliphatic hydroxyl groups excluding tert-OH is 1. The van der Waals surface area contributed by atoms with Gasteiger partial charge in [0, 0.05) is 41.2 Å². The molecule has 0 radical (unpaired) electrons. The monoisotopic (exact) mass is 666 g/mol. The number of hydrogen-bond donors (Lipinski definition) is 4. The molecule has 260 valence electrons. The van der Waals surface area contributed by atoms with Crippen molar-refractivity contribution >= 4 is 23.1 Å². The molecule has 2 heterocycles. The molecule has 3 aromatic rings. The first kappa shape index (κ1) is 38.2. The Hall–Kier alpha value is -5.22. The van der Waals surface area contributed by atoms with Gasteiger partial charge in [0.1, 0.15) is 17.1 Å². The molecule has 0 spiro atoms. The van der Waals surface area contributed by atoms with E-state index in [9.17, 15) is 14.7 Å². The van der Waals surface area contributed by atoms with Crippen molar-refractivity contribution in [3.05, 3.63) is 126 Å². The van der Waals surface area contributed by atoms with Crippen LogP contribution >= 0.6 is 0 Å². The third-order valence-corrected chi connectivity index (χ3v) is 7.72. The maximum Gasteiger partial charge on any atom is 0.274 e. The highest BCUT2D eigenvalue weighted by Gasteiger charge is 2.23. The number of methoxy groups -OCH3 is 1. The molecule has 0 fully saturated rings. The third kappa shape index (κ3) is 11.8. The number of rotatable bonds is 19. The zero-order chi connectivity index (χ0) is 35.8. The number of hydrogen-bond acceptors (Lipinski definition) is 7. The van der Waals surface area contributed by atoms with E-state index < -0.39 is 11.8 Å². The highest BCUT2D eigenvalue weighted by molar-refractivity contribution is 6.05. The quantitative estimate of drug-likeness (QED) is 0.0784. The zero-order valence-corrected chi connectivity index (χ0v) is 29.4. The summed E-state index contributed by atoms with van der Waals surface area (Å²) in [6.45, 7) is 16.3. The highest BCUT2D eigenvalue weighted by Crippen LogP contribution is 2.21. The van der Waals surface area contributed by atoms with Gasteiger partial charge in [0.15, 0.2) is 5.65 Å². The summed E-state index contributed by atoms with van der Waals surface area (Å²) in [4.78, 5) is 32.3. The summed E-state index contributed by atoms with van der Waals surface area (Å²) in [5, 5.41) is 23.1. The van der Waals surface area contributed by atoms with Crippen molar-refractivity contribution in [2.45, 2.75) is 72.3 Å². The molecule has 1 aromatic carbocycles. The van der Waals surface area contributed by atoms with Crippen molar-refractivity contribution in [3.8, 4) is 5.75 Å². The fraction of sp³-hybridized carbons (Fsp3) is 0.333. The minimum atomic E-state index is -0.492. The number of benzene rings is 1. The van der Waals surface area contributed by atoms with Crippen LogP contribution in [0.4, 0.5) is 5.69 Å². The average Bonchev–Trinajstić information content (AvgIpc) is 3.48. The van der Waals surface area contributed by atoms with E-state index in [1.54, 1.807) is 43.6 Å². The van der Waals surface area contributed by atoms with E-state index in [-0.39, 0.29) is 24.0 Å². The number of nitrogens with one attached hydrogen (secondary N) is 3. The van der Waals surface area contributed by atoms with Crippen molar-refractivity contribution in [3.63, 3.8) is 0 Å². The van der Waals surface area contributed by atoms with E-state index in [4.69, 9.17) is 4.74 Å². The van der Waals surface area contributed by atoms with Crippen LogP contribution in [-0.4, -0.2) is 51.3 Å². The fourth-order valence-electron chi connectivity index (χ4n) is 5.17. The van der Waals surface area contributed by atoms with Crippen LogP contribution in [0.1, 0.15) is 86.3 Å². The highest BCUT2D eigenvalue weighted by atomic mass is 16.5. The largest absolute Gasteiger partial charge is 0.497 e. The van der Waals surface area contributed by atoms with Gasteiger partial charge in [0.05, 0.1) is 26.0 Å². The molecule has 0 saturated heterocycles. The van der Waals surface area contributed by atoms with Crippen LogP contribution in [0, 0.1) is 0 Å². The minimum absolute atomic E-state index is 0.00866. The molecule has 1 unspecified atom stereocenters. The Kier molecular flexibility index (Phi) is 15.3. The summed E-state index contributed by atoms with van der Waals surface area (Å²) in [7, 11) is 1.55. The van der Waals surface area contributed by atoms with Crippen LogP contribution in [0.5, 0.6) is 5.75 Å². The Morgan fingerprint density at radius 2 is 1.92 bits per heavy atom. The second-order valence-corrected chi connectivity index (χ2v) is 11.8. The molecule has 3 rings (SSSR count). The number of amides is 2. The van der Waals surface area contributed by atoms with Gasteiger partial charge in [0.25, 0.3) is 11.8 Å². The number of anilines is 1. The van der Waals surface area contributed by atoms with Gasteiger partial charge in [-0.25, -0.2) is 9.50 Å². The van der Waals surface area contributed by atoms with Gasteiger partial charge in [-0.05, 0) is 70.6 Å². The summed E-state index contributed by atoms with van der Waals surface area (Å²) >= 11 is 0. The van der Waals surface area contributed by atoms with Gasteiger partial charge >= 0.3 is 0 Å². The van der Waals surface area contributed by atoms with E-state index in [1.165, 1.54) is 10.6 Å².